The van der Waals surface area contributed by atoms with Crippen LogP contribution < -0.4 is 5.32 Å². The third-order valence-electron chi connectivity index (χ3n) is 4.51. The monoisotopic (exact) mass is 226 g/mol. The van der Waals surface area contributed by atoms with Crippen molar-refractivity contribution >= 4 is 0 Å². The van der Waals surface area contributed by atoms with Crippen LogP contribution >= 0.6 is 0 Å². The Morgan fingerprint density at radius 3 is 2.62 bits per heavy atom. The number of hydrogen-bond donors (Lipinski definition) is 1. The molecule has 2 heterocycles. The minimum absolute atomic E-state index is 0.510. The van der Waals surface area contributed by atoms with E-state index in [1.165, 1.54) is 58.4 Å². The molecule has 0 aromatic carbocycles. The van der Waals surface area contributed by atoms with E-state index in [1.54, 1.807) is 0 Å². The summed E-state index contributed by atoms with van der Waals surface area (Å²) < 4.78 is 5.42. The summed E-state index contributed by atoms with van der Waals surface area (Å²) in [6.45, 7) is 8.50. The van der Waals surface area contributed by atoms with Gasteiger partial charge < -0.3 is 15.0 Å². The zero-order valence-corrected chi connectivity index (χ0v) is 10.8. The summed E-state index contributed by atoms with van der Waals surface area (Å²) in [5.74, 6) is 0. The van der Waals surface area contributed by atoms with Crippen molar-refractivity contribution in [3.63, 3.8) is 0 Å². The first kappa shape index (κ1) is 12.3. The molecule has 0 spiro atoms. The Balaban J connectivity index is 1.81. The van der Waals surface area contributed by atoms with Crippen molar-refractivity contribution in [3.8, 4) is 0 Å². The summed E-state index contributed by atoms with van der Waals surface area (Å²) in [7, 11) is 1.84. The highest BCUT2D eigenvalue weighted by molar-refractivity contribution is 4.90. The molecule has 1 atom stereocenters. The lowest BCUT2D eigenvalue weighted by Gasteiger charge is -2.38. The third kappa shape index (κ3) is 2.76. The first-order valence-corrected chi connectivity index (χ1v) is 6.74. The van der Waals surface area contributed by atoms with E-state index in [-0.39, 0.29) is 0 Å². The average Bonchev–Trinajstić information content (AvgIpc) is 2.79. The van der Waals surface area contributed by atoms with Gasteiger partial charge in [-0.2, -0.15) is 0 Å². The quantitative estimate of drug-likeness (QED) is 0.786. The van der Waals surface area contributed by atoms with E-state index < -0.39 is 0 Å². The van der Waals surface area contributed by atoms with Gasteiger partial charge in [0.15, 0.2) is 0 Å². The lowest BCUT2D eigenvalue weighted by molar-refractivity contribution is 0.0276. The van der Waals surface area contributed by atoms with Crippen molar-refractivity contribution in [2.75, 3.05) is 39.8 Å². The second-order valence-electron chi connectivity index (χ2n) is 5.49. The number of hydrogen-bond acceptors (Lipinski definition) is 3. The Labute approximate surface area is 99.5 Å². The van der Waals surface area contributed by atoms with Crippen molar-refractivity contribution < 1.29 is 4.74 Å². The SMILES string of the molecule is CCC1(CN2CCC(OC)CC2)CCNC1. The van der Waals surface area contributed by atoms with Gasteiger partial charge in [-0.3, -0.25) is 0 Å². The number of nitrogens with one attached hydrogen (secondary N) is 1. The summed E-state index contributed by atoms with van der Waals surface area (Å²) >= 11 is 0. The van der Waals surface area contributed by atoms with Gasteiger partial charge in [0.2, 0.25) is 0 Å². The molecule has 2 aliphatic heterocycles. The Morgan fingerprint density at radius 1 is 1.38 bits per heavy atom. The van der Waals surface area contributed by atoms with Gasteiger partial charge in [0.25, 0.3) is 0 Å². The van der Waals surface area contributed by atoms with Crippen LogP contribution in [0, 0.1) is 5.41 Å². The van der Waals surface area contributed by atoms with Crippen LogP contribution in [0.25, 0.3) is 0 Å². The van der Waals surface area contributed by atoms with Crippen molar-refractivity contribution in [1.82, 2.24) is 10.2 Å². The highest BCUT2D eigenvalue weighted by Crippen LogP contribution is 2.31. The Bertz CT molecular complexity index is 206. The largest absolute Gasteiger partial charge is 0.381 e. The van der Waals surface area contributed by atoms with Crippen molar-refractivity contribution in [3.05, 3.63) is 0 Å². The van der Waals surface area contributed by atoms with E-state index in [1.807, 2.05) is 7.11 Å². The molecule has 2 aliphatic rings. The van der Waals surface area contributed by atoms with Crippen molar-refractivity contribution in [2.24, 2.45) is 5.41 Å². The smallest absolute Gasteiger partial charge is 0.0595 e. The van der Waals surface area contributed by atoms with Gasteiger partial charge in [0, 0.05) is 33.3 Å². The normalized spacial score (nSPS) is 33.4. The van der Waals surface area contributed by atoms with Crippen LogP contribution in [0.5, 0.6) is 0 Å². The highest BCUT2D eigenvalue weighted by Gasteiger charge is 2.34. The van der Waals surface area contributed by atoms with Crippen molar-refractivity contribution in [2.45, 2.75) is 38.7 Å². The van der Waals surface area contributed by atoms with E-state index in [2.05, 4.69) is 17.1 Å². The van der Waals surface area contributed by atoms with Crippen LogP contribution in [-0.4, -0.2) is 50.8 Å². The summed E-state index contributed by atoms with van der Waals surface area (Å²) in [5.41, 5.74) is 0.555. The molecule has 1 N–H and O–H groups in total. The minimum atomic E-state index is 0.510. The molecule has 0 amide bonds. The fourth-order valence-electron chi connectivity index (χ4n) is 3.12. The number of rotatable bonds is 4. The maximum absolute atomic E-state index is 5.42. The molecule has 2 saturated heterocycles. The maximum atomic E-state index is 5.42. The lowest BCUT2D eigenvalue weighted by Crippen LogP contribution is -2.44. The molecule has 16 heavy (non-hydrogen) atoms. The fraction of sp³-hybridized carbons (Fsp3) is 1.00. The maximum Gasteiger partial charge on any atom is 0.0595 e. The van der Waals surface area contributed by atoms with Crippen molar-refractivity contribution in [1.29, 1.82) is 0 Å². The molecule has 0 radical (unpaired) electrons. The second kappa shape index (κ2) is 5.48. The van der Waals surface area contributed by atoms with E-state index in [9.17, 15) is 0 Å². The van der Waals surface area contributed by atoms with Gasteiger partial charge in [-0.1, -0.05) is 6.92 Å². The zero-order chi connectivity index (χ0) is 11.4. The number of methoxy groups -OCH3 is 1. The first-order chi connectivity index (χ1) is 7.78. The number of likely N-dealkylation sites (tertiary alicyclic amines) is 1. The minimum Gasteiger partial charge on any atom is -0.381 e. The second-order valence-corrected chi connectivity index (χ2v) is 5.49. The summed E-state index contributed by atoms with van der Waals surface area (Å²) in [6.07, 6.45) is 5.60. The molecule has 2 fully saturated rings. The average molecular weight is 226 g/mol. The molecule has 0 aliphatic carbocycles. The van der Waals surface area contributed by atoms with Gasteiger partial charge in [0.05, 0.1) is 6.10 Å². The fourth-order valence-corrected chi connectivity index (χ4v) is 3.12. The van der Waals surface area contributed by atoms with Crippen LogP contribution in [0.3, 0.4) is 0 Å². The van der Waals surface area contributed by atoms with Crippen LogP contribution in [0.15, 0.2) is 0 Å². The molecule has 2 rings (SSSR count). The summed E-state index contributed by atoms with van der Waals surface area (Å²) in [4.78, 5) is 2.64. The topological polar surface area (TPSA) is 24.5 Å². The van der Waals surface area contributed by atoms with Crippen LogP contribution in [0.4, 0.5) is 0 Å². The molecule has 3 nitrogen and oxygen atoms in total. The molecule has 0 aromatic heterocycles. The number of nitrogens with zero attached hydrogens (tertiary/aromatic N) is 1. The predicted molar refractivity (Wildman–Crippen MR) is 66.7 cm³/mol. The molecule has 94 valence electrons. The summed E-state index contributed by atoms with van der Waals surface area (Å²) in [6, 6.07) is 0. The molecule has 3 heteroatoms. The Kier molecular flexibility index (Phi) is 4.22. The van der Waals surface area contributed by atoms with Gasteiger partial charge in [-0.25, -0.2) is 0 Å². The molecule has 0 aromatic rings. The summed E-state index contributed by atoms with van der Waals surface area (Å²) in [5, 5.41) is 3.52. The number of piperidine rings is 1. The van der Waals surface area contributed by atoms with Gasteiger partial charge in [-0.05, 0) is 37.6 Å². The molecular formula is C13H26N2O. The number of ether oxygens (including phenoxy) is 1. The van der Waals surface area contributed by atoms with E-state index in [0.29, 0.717) is 11.5 Å². The van der Waals surface area contributed by atoms with E-state index in [4.69, 9.17) is 4.74 Å². The first-order valence-electron chi connectivity index (χ1n) is 6.74. The predicted octanol–water partition coefficient (Wildman–Crippen LogP) is 1.49. The van der Waals surface area contributed by atoms with E-state index in [0.717, 1.165) is 0 Å². The molecule has 0 bridgehead atoms. The molecule has 1 unspecified atom stereocenters. The van der Waals surface area contributed by atoms with Gasteiger partial charge in [0.1, 0.15) is 0 Å². The highest BCUT2D eigenvalue weighted by atomic mass is 16.5. The van der Waals surface area contributed by atoms with Crippen LogP contribution in [-0.2, 0) is 4.74 Å². The van der Waals surface area contributed by atoms with Gasteiger partial charge >= 0.3 is 0 Å². The lowest BCUT2D eigenvalue weighted by atomic mass is 9.83. The Hall–Kier alpha value is -0.120. The third-order valence-corrected chi connectivity index (χ3v) is 4.51. The van der Waals surface area contributed by atoms with Crippen LogP contribution in [0.2, 0.25) is 0 Å². The van der Waals surface area contributed by atoms with E-state index >= 15 is 0 Å². The van der Waals surface area contributed by atoms with Gasteiger partial charge in [-0.15, -0.1) is 0 Å². The molecular weight excluding hydrogens is 200 g/mol. The zero-order valence-electron chi connectivity index (χ0n) is 10.8. The van der Waals surface area contributed by atoms with Crippen LogP contribution in [0.1, 0.15) is 32.6 Å². The Morgan fingerprint density at radius 2 is 2.12 bits per heavy atom. The standard InChI is InChI=1S/C13H26N2O/c1-3-13(6-7-14-10-13)11-15-8-4-12(16-2)5-9-15/h12,14H,3-11H2,1-2H3. The molecule has 0 saturated carbocycles.